The first-order chi connectivity index (χ1) is 17.1. The van der Waals surface area contributed by atoms with Crippen LogP contribution in [0.2, 0.25) is 0 Å². The lowest BCUT2D eigenvalue weighted by atomic mass is 9.93. The number of furan rings is 1. The van der Waals surface area contributed by atoms with Crippen molar-refractivity contribution in [2.45, 2.75) is 26.7 Å². The van der Waals surface area contributed by atoms with Crippen LogP contribution in [0.15, 0.2) is 108 Å². The molecule has 0 aliphatic rings. The highest BCUT2D eigenvalue weighted by Gasteiger charge is 2.19. The number of aromatic nitrogens is 1. The van der Waals surface area contributed by atoms with Gasteiger partial charge in [0.05, 0.1) is 5.69 Å². The quantitative estimate of drug-likeness (QED) is 0.266. The summed E-state index contributed by atoms with van der Waals surface area (Å²) in [6, 6.07) is 34.2. The van der Waals surface area contributed by atoms with E-state index in [0.717, 1.165) is 44.5 Å². The van der Waals surface area contributed by atoms with Crippen LogP contribution in [0, 0.1) is 6.92 Å². The van der Waals surface area contributed by atoms with Crippen molar-refractivity contribution >= 4 is 21.7 Å². The van der Waals surface area contributed by atoms with Gasteiger partial charge in [0, 0.05) is 33.7 Å². The summed E-state index contributed by atoms with van der Waals surface area (Å²) in [5.41, 5.74) is 8.85. The molecule has 2 nitrogen and oxygen atoms in total. The maximum Gasteiger partial charge on any atom is 0.138 e. The molecule has 35 heavy (non-hydrogen) atoms. The van der Waals surface area contributed by atoms with E-state index in [-0.39, 0.29) is 0 Å². The molecule has 0 radical (unpaired) electrons. The molecule has 170 valence electrons. The molecule has 0 amide bonds. The van der Waals surface area contributed by atoms with Crippen LogP contribution in [0.4, 0.5) is 0 Å². The topological polar surface area (TPSA) is 26.0 Å². The van der Waals surface area contributed by atoms with E-state index in [1.165, 1.54) is 22.1 Å². The van der Waals surface area contributed by atoms with Gasteiger partial charge in [-0.25, -0.2) is 0 Å². The Morgan fingerprint density at radius 3 is 2.14 bits per heavy atom. The molecule has 0 N–H and O–H groups in total. The van der Waals surface area contributed by atoms with Gasteiger partial charge in [-0.15, -0.1) is 0 Å². The van der Waals surface area contributed by atoms with Gasteiger partial charge in [-0.1, -0.05) is 92.7 Å². The smallest absolute Gasteiger partial charge is 0.138 e. The van der Waals surface area contributed by atoms with Crippen LogP contribution < -0.4 is 0 Å². The lowest BCUT2D eigenvalue weighted by Crippen LogP contribution is -1.91. The van der Waals surface area contributed by atoms with Crippen molar-refractivity contribution in [1.82, 2.24) is 4.98 Å². The van der Waals surface area contributed by atoms with Gasteiger partial charge in [0.1, 0.15) is 11.3 Å². The Labute approximate surface area is 205 Å². The van der Waals surface area contributed by atoms with Crippen LogP contribution >= 0.6 is 0 Å². The van der Waals surface area contributed by atoms with Crippen molar-refractivity contribution in [2.24, 2.45) is 0 Å². The molecule has 0 spiro atoms. The van der Waals surface area contributed by atoms with Crippen molar-refractivity contribution < 1.29 is 4.42 Å². The maximum absolute atomic E-state index is 6.54. The fourth-order valence-corrected chi connectivity index (χ4v) is 5.02. The number of pyridine rings is 1. The summed E-state index contributed by atoms with van der Waals surface area (Å²) in [6.07, 6.45) is 1.91. The monoisotopic (exact) mass is 453 g/mol. The molecule has 0 bridgehead atoms. The summed E-state index contributed by atoms with van der Waals surface area (Å²) in [6.45, 7) is 6.61. The molecule has 2 heterocycles. The van der Waals surface area contributed by atoms with Gasteiger partial charge < -0.3 is 4.42 Å². The van der Waals surface area contributed by atoms with E-state index in [0.29, 0.717) is 5.92 Å². The van der Waals surface area contributed by atoms with E-state index in [1.807, 2.05) is 12.3 Å². The van der Waals surface area contributed by atoms with Crippen LogP contribution in [-0.2, 0) is 0 Å². The Bertz CT molecular complexity index is 1660. The van der Waals surface area contributed by atoms with Gasteiger partial charge in [0.15, 0.2) is 0 Å². The molecule has 0 unspecified atom stereocenters. The molecule has 6 aromatic rings. The zero-order chi connectivity index (χ0) is 23.9. The summed E-state index contributed by atoms with van der Waals surface area (Å²) in [7, 11) is 0. The number of benzene rings is 4. The predicted octanol–water partition coefficient (Wildman–Crippen LogP) is 9.41. The van der Waals surface area contributed by atoms with E-state index in [2.05, 4.69) is 112 Å². The Morgan fingerprint density at radius 2 is 1.43 bits per heavy atom. The second kappa shape index (κ2) is 8.56. The Kier molecular flexibility index (Phi) is 5.22. The van der Waals surface area contributed by atoms with Crippen molar-refractivity contribution in [3.63, 3.8) is 0 Å². The number of hydrogen-bond acceptors (Lipinski definition) is 2. The third kappa shape index (κ3) is 3.72. The van der Waals surface area contributed by atoms with Crippen molar-refractivity contribution in [3.8, 4) is 33.7 Å². The fourth-order valence-electron chi connectivity index (χ4n) is 5.02. The Hall–Kier alpha value is -4.17. The molecule has 2 heteroatoms. The van der Waals surface area contributed by atoms with E-state index < -0.39 is 0 Å². The molecular formula is C33H27NO. The third-order valence-electron chi connectivity index (χ3n) is 6.88. The van der Waals surface area contributed by atoms with E-state index in [4.69, 9.17) is 9.40 Å². The van der Waals surface area contributed by atoms with Gasteiger partial charge in [0.2, 0.25) is 0 Å². The fraction of sp³-hybridized carbons (Fsp3) is 0.121. The van der Waals surface area contributed by atoms with Gasteiger partial charge >= 0.3 is 0 Å². The van der Waals surface area contributed by atoms with Crippen molar-refractivity contribution in [3.05, 3.63) is 114 Å². The van der Waals surface area contributed by atoms with Crippen LogP contribution in [0.25, 0.3) is 55.4 Å². The van der Waals surface area contributed by atoms with Crippen LogP contribution in [0.1, 0.15) is 30.9 Å². The van der Waals surface area contributed by atoms with Crippen LogP contribution in [0.5, 0.6) is 0 Å². The first-order valence-electron chi connectivity index (χ1n) is 12.2. The molecular weight excluding hydrogens is 426 g/mol. The Morgan fingerprint density at radius 1 is 0.714 bits per heavy atom. The SMILES string of the molecule is Cc1c(-c2ccccc2)oc2cc(-c3nccc4cc(C(C)C)ccc34)cc(-c3ccccc3)c12. The molecule has 4 aromatic carbocycles. The molecule has 0 aliphatic heterocycles. The lowest BCUT2D eigenvalue weighted by molar-refractivity contribution is 0.629. The maximum atomic E-state index is 6.54. The average Bonchev–Trinajstić information content (AvgIpc) is 3.24. The van der Waals surface area contributed by atoms with Crippen LogP contribution in [-0.4, -0.2) is 4.98 Å². The van der Waals surface area contributed by atoms with Crippen molar-refractivity contribution in [1.29, 1.82) is 0 Å². The summed E-state index contributed by atoms with van der Waals surface area (Å²) >= 11 is 0. The lowest BCUT2D eigenvalue weighted by Gasteiger charge is -2.12. The first-order valence-corrected chi connectivity index (χ1v) is 12.2. The number of fused-ring (bicyclic) bond motifs is 2. The average molecular weight is 454 g/mol. The highest BCUT2D eigenvalue weighted by Crippen LogP contribution is 2.42. The van der Waals surface area contributed by atoms with Gasteiger partial charge in [-0.05, 0) is 53.1 Å². The number of rotatable bonds is 4. The van der Waals surface area contributed by atoms with E-state index in [9.17, 15) is 0 Å². The van der Waals surface area contributed by atoms with E-state index >= 15 is 0 Å². The Balaban J connectivity index is 1.64. The number of nitrogens with zero attached hydrogens (tertiary/aromatic N) is 1. The van der Waals surface area contributed by atoms with Crippen molar-refractivity contribution in [2.75, 3.05) is 0 Å². The molecule has 0 atom stereocenters. The van der Waals surface area contributed by atoms with Gasteiger partial charge in [-0.2, -0.15) is 0 Å². The highest BCUT2D eigenvalue weighted by molar-refractivity contribution is 6.04. The molecule has 0 fully saturated rings. The summed E-state index contributed by atoms with van der Waals surface area (Å²) < 4.78 is 6.54. The van der Waals surface area contributed by atoms with E-state index in [1.54, 1.807) is 0 Å². The van der Waals surface area contributed by atoms with Gasteiger partial charge in [-0.3, -0.25) is 4.98 Å². The number of hydrogen-bond donors (Lipinski definition) is 0. The van der Waals surface area contributed by atoms with Gasteiger partial charge in [0.25, 0.3) is 0 Å². The molecule has 0 aliphatic carbocycles. The number of aryl methyl sites for hydroxylation is 1. The summed E-state index contributed by atoms with van der Waals surface area (Å²) in [5, 5.41) is 3.52. The minimum Gasteiger partial charge on any atom is -0.456 e. The van der Waals surface area contributed by atoms with Crippen LogP contribution in [0.3, 0.4) is 0 Å². The molecule has 0 saturated carbocycles. The standard InChI is InChI=1S/C33H27NO/c1-21(2)25-14-15-28-26(18-25)16-17-34-32(28)27-19-29(23-10-6-4-7-11-23)31-22(3)33(35-30(31)20-27)24-12-8-5-9-13-24/h4-21H,1-3H3. The minimum atomic E-state index is 0.486. The first kappa shape index (κ1) is 21.4. The second-order valence-corrected chi connectivity index (χ2v) is 9.48. The largest absolute Gasteiger partial charge is 0.456 e. The highest BCUT2D eigenvalue weighted by atomic mass is 16.3. The normalized spacial score (nSPS) is 11.5. The minimum absolute atomic E-state index is 0.486. The molecule has 6 rings (SSSR count). The predicted molar refractivity (Wildman–Crippen MR) is 147 cm³/mol. The zero-order valence-corrected chi connectivity index (χ0v) is 20.2. The molecule has 0 saturated heterocycles. The summed E-state index contributed by atoms with van der Waals surface area (Å²) in [5.74, 6) is 1.40. The molecule has 2 aromatic heterocycles. The zero-order valence-electron chi connectivity index (χ0n) is 20.2. The second-order valence-electron chi connectivity index (χ2n) is 9.48. The summed E-state index contributed by atoms with van der Waals surface area (Å²) in [4.78, 5) is 4.84. The third-order valence-corrected chi connectivity index (χ3v) is 6.88.